The summed E-state index contributed by atoms with van der Waals surface area (Å²) in [6.07, 6.45) is 9.50. The molecule has 0 atom stereocenters. The highest BCUT2D eigenvalue weighted by atomic mass is 15.1. The molecule has 0 spiro atoms. The monoisotopic (exact) mass is 259 g/mol. The van der Waals surface area contributed by atoms with Crippen molar-refractivity contribution in [1.29, 1.82) is 0 Å². The molecular formula is C14H21N5. The molecule has 0 radical (unpaired) electrons. The molecule has 19 heavy (non-hydrogen) atoms. The SMILES string of the molecule is CN(C)CCCCn1cncc1-c1cnccc1N. The molecule has 102 valence electrons. The number of aryl methyl sites for hydroxylation is 1. The largest absolute Gasteiger partial charge is 0.398 e. The van der Waals surface area contributed by atoms with Gasteiger partial charge in [-0.2, -0.15) is 0 Å². The van der Waals surface area contributed by atoms with Crippen LogP contribution in [0.3, 0.4) is 0 Å². The molecule has 0 aliphatic carbocycles. The lowest BCUT2D eigenvalue weighted by Gasteiger charge is -2.11. The minimum atomic E-state index is 0.741. The van der Waals surface area contributed by atoms with E-state index >= 15 is 0 Å². The van der Waals surface area contributed by atoms with Crippen molar-refractivity contribution in [2.75, 3.05) is 26.4 Å². The van der Waals surface area contributed by atoms with Crippen LogP contribution >= 0.6 is 0 Å². The molecule has 2 heterocycles. The minimum absolute atomic E-state index is 0.741. The van der Waals surface area contributed by atoms with Crippen LogP contribution < -0.4 is 5.73 Å². The Morgan fingerprint density at radius 3 is 2.79 bits per heavy atom. The third-order valence-corrected chi connectivity index (χ3v) is 3.10. The van der Waals surface area contributed by atoms with Crippen molar-refractivity contribution in [1.82, 2.24) is 19.4 Å². The van der Waals surface area contributed by atoms with Gasteiger partial charge in [0.15, 0.2) is 0 Å². The summed E-state index contributed by atoms with van der Waals surface area (Å²) in [5.41, 5.74) is 8.72. The van der Waals surface area contributed by atoms with E-state index in [4.69, 9.17) is 5.73 Å². The van der Waals surface area contributed by atoms with Gasteiger partial charge in [0, 0.05) is 30.2 Å². The van der Waals surface area contributed by atoms with Crippen molar-refractivity contribution in [2.45, 2.75) is 19.4 Å². The maximum absolute atomic E-state index is 5.99. The molecule has 0 fully saturated rings. The van der Waals surface area contributed by atoms with Gasteiger partial charge in [0.05, 0.1) is 18.2 Å². The van der Waals surface area contributed by atoms with Crippen LogP contribution in [0.5, 0.6) is 0 Å². The van der Waals surface area contributed by atoms with E-state index < -0.39 is 0 Å². The molecule has 0 aromatic carbocycles. The van der Waals surface area contributed by atoms with E-state index in [0.29, 0.717) is 0 Å². The Morgan fingerprint density at radius 1 is 1.21 bits per heavy atom. The molecule has 0 unspecified atom stereocenters. The highest BCUT2D eigenvalue weighted by Gasteiger charge is 2.08. The van der Waals surface area contributed by atoms with Crippen molar-refractivity contribution in [3.05, 3.63) is 31.0 Å². The number of pyridine rings is 1. The zero-order valence-electron chi connectivity index (χ0n) is 11.6. The zero-order valence-corrected chi connectivity index (χ0v) is 11.6. The van der Waals surface area contributed by atoms with Gasteiger partial charge < -0.3 is 15.2 Å². The molecule has 5 heteroatoms. The topological polar surface area (TPSA) is 60.0 Å². The first-order valence-corrected chi connectivity index (χ1v) is 6.53. The van der Waals surface area contributed by atoms with Gasteiger partial charge in [-0.25, -0.2) is 4.98 Å². The second kappa shape index (κ2) is 6.33. The first-order chi connectivity index (χ1) is 9.18. The Morgan fingerprint density at radius 2 is 2.05 bits per heavy atom. The number of hydrogen-bond donors (Lipinski definition) is 1. The first-order valence-electron chi connectivity index (χ1n) is 6.53. The highest BCUT2D eigenvalue weighted by Crippen LogP contribution is 2.24. The first kappa shape index (κ1) is 13.5. The van der Waals surface area contributed by atoms with Crippen molar-refractivity contribution >= 4 is 5.69 Å². The van der Waals surface area contributed by atoms with E-state index in [1.807, 2.05) is 18.6 Å². The second-order valence-electron chi connectivity index (χ2n) is 4.95. The molecule has 0 amide bonds. The van der Waals surface area contributed by atoms with Crippen LogP contribution in [0.25, 0.3) is 11.3 Å². The minimum Gasteiger partial charge on any atom is -0.398 e. The van der Waals surface area contributed by atoms with Crippen LogP contribution in [0, 0.1) is 0 Å². The fourth-order valence-electron chi connectivity index (χ4n) is 2.05. The van der Waals surface area contributed by atoms with E-state index in [1.54, 1.807) is 12.4 Å². The predicted octanol–water partition coefficient (Wildman–Crippen LogP) is 1.87. The fourth-order valence-corrected chi connectivity index (χ4v) is 2.05. The smallest absolute Gasteiger partial charge is 0.0950 e. The lowest BCUT2D eigenvalue weighted by atomic mass is 10.2. The van der Waals surface area contributed by atoms with Gasteiger partial charge in [0.1, 0.15) is 0 Å². The summed E-state index contributed by atoms with van der Waals surface area (Å²) in [7, 11) is 4.19. The predicted molar refractivity (Wildman–Crippen MR) is 77.7 cm³/mol. The average Bonchev–Trinajstić information content (AvgIpc) is 2.83. The van der Waals surface area contributed by atoms with Crippen molar-refractivity contribution in [2.24, 2.45) is 0 Å². The number of nitrogens with two attached hydrogens (primary N) is 1. The number of imidazole rings is 1. The third kappa shape index (κ3) is 3.54. The second-order valence-corrected chi connectivity index (χ2v) is 4.95. The van der Waals surface area contributed by atoms with Crippen LogP contribution in [0.2, 0.25) is 0 Å². The Labute approximate surface area is 114 Å². The number of nitrogen functional groups attached to an aromatic ring is 1. The molecule has 0 saturated carbocycles. The summed E-state index contributed by atoms with van der Waals surface area (Å²) < 4.78 is 2.14. The fraction of sp³-hybridized carbons (Fsp3) is 0.429. The quantitative estimate of drug-likeness (QED) is 0.805. The van der Waals surface area contributed by atoms with Crippen molar-refractivity contribution in [3.63, 3.8) is 0 Å². The molecule has 0 saturated heterocycles. The van der Waals surface area contributed by atoms with Crippen LogP contribution in [0.4, 0.5) is 5.69 Å². The van der Waals surface area contributed by atoms with Crippen LogP contribution in [-0.2, 0) is 6.54 Å². The number of unbranched alkanes of at least 4 members (excludes halogenated alkanes) is 1. The molecule has 5 nitrogen and oxygen atoms in total. The summed E-state index contributed by atoms with van der Waals surface area (Å²) >= 11 is 0. The number of aromatic nitrogens is 3. The van der Waals surface area contributed by atoms with Crippen molar-refractivity contribution < 1.29 is 0 Å². The van der Waals surface area contributed by atoms with Gasteiger partial charge >= 0.3 is 0 Å². The zero-order chi connectivity index (χ0) is 13.7. The standard InChI is InChI=1S/C14H21N5/c1-18(2)7-3-4-8-19-11-17-10-14(19)12-9-16-6-5-13(12)15/h5-6,9-11H,3-4,7-8H2,1-2H3,(H2,15,16). The lowest BCUT2D eigenvalue weighted by Crippen LogP contribution is -2.13. The van der Waals surface area contributed by atoms with Crippen LogP contribution in [-0.4, -0.2) is 40.1 Å². The summed E-state index contributed by atoms with van der Waals surface area (Å²) in [4.78, 5) is 10.6. The Kier molecular flexibility index (Phi) is 4.52. The van der Waals surface area contributed by atoms with Gasteiger partial charge in [-0.05, 0) is 39.5 Å². The number of hydrogen-bond acceptors (Lipinski definition) is 4. The van der Waals surface area contributed by atoms with Crippen LogP contribution in [0.15, 0.2) is 31.0 Å². The van der Waals surface area contributed by atoms with Gasteiger partial charge in [-0.15, -0.1) is 0 Å². The highest BCUT2D eigenvalue weighted by molar-refractivity contribution is 5.72. The van der Waals surface area contributed by atoms with Gasteiger partial charge in [0.25, 0.3) is 0 Å². The lowest BCUT2D eigenvalue weighted by molar-refractivity contribution is 0.388. The maximum atomic E-state index is 5.99. The number of nitrogens with zero attached hydrogens (tertiary/aromatic N) is 4. The van der Waals surface area contributed by atoms with Gasteiger partial charge in [0.2, 0.25) is 0 Å². The normalized spacial score (nSPS) is 11.1. The summed E-state index contributed by atoms with van der Waals surface area (Å²) in [6.45, 7) is 2.07. The number of anilines is 1. The molecule has 2 N–H and O–H groups in total. The van der Waals surface area contributed by atoms with Gasteiger partial charge in [-0.1, -0.05) is 0 Å². The average molecular weight is 259 g/mol. The third-order valence-electron chi connectivity index (χ3n) is 3.10. The van der Waals surface area contributed by atoms with E-state index in [0.717, 1.165) is 36.5 Å². The summed E-state index contributed by atoms with van der Waals surface area (Å²) in [5.74, 6) is 0. The molecular weight excluding hydrogens is 238 g/mol. The summed E-state index contributed by atoms with van der Waals surface area (Å²) in [6, 6.07) is 1.82. The molecule has 2 aromatic heterocycles. The van der Waals surface area contributed by atoms with E-state index in [-0.39, 0.29) is 0 Å². The molecule has 0 aliphatic rings. The molecule has 2 aromatic rings. The molecule has 2 rings (SSSR count). The van der Waals surface area contributed by atoms with E-state index in [2.05, 4.69) is 33.5 Å². The summed E-state index contributed by atoms with van der Waals surface area (Å²) in [5, 5.41) is 0. The Hall–Kier alpha value is -1.88. The molecule has 0 bridgehead atoms. The van der Waals surface area contributed by atoms with E-state index in [1.165, 1.54) is 6.42 Å². The number of rotatable bonds is 6. The van der Waals surface area contributed by atoms with Crippen LogP contribution in [0.1, 0.15) is 12.8 Å². The van der Waals surface area contributed by atoms with E-state index in [9.17, 15) is 0 Å². The Bertz CT molecular complexity index is 518. The van der Waals surface area contributed by atoms with Crippen molar-refractivity contribution in [3.8, 4) is 11.3 Å². The maximum Gasteiger partial charge on any atom is 0.0950 e. The van der Waals surface area contributed by atoms with Gasteiger partial charge in [-0.3, -0.25) is 4.98 Å². The molecule has 0 aliphatic heterocycles. The Balaban J connectivity index is 2.04.